The Morgan fingerprint density at radius 1 is 1.31 bits per heavy atom. The minimum Gasteiger partial charge on any atom is -0.392 e. The molecule has 0 aromatic rings. The van der Waals surface area contributed by atoms with Crippen LogP contribution in [-0.4, -0.2) is 34.6 Å². The zero-order chi connectivity index (χ0) is 12.1. The third-order valence-corrected chi connectivity index (χ3v) is 3.34. The van der Waals surface area contributed by atoms with E-state index in [1.807, 2.05) is 18.7 Å². The van der Waals surface area contributed by atoms with Crippen molar-refractivity contribution in [1.82, 2.24) is 4.90 Å². The van der Waals surface area contributed by atoms with Gasteiger partial charge in [0.25, 0.3) is 0 Å². The van der Waals surface area contributed by atoms with Crippen LogP contribution in [0.25, 0.3) is 0 Å². The zero-order valence-corrected chi connectivity index (χ0v) is 10.8. The van der Waals surface area contributed by atoms with E-state index in [2.05, 4.69) is 0 Å². The minimum atomic E-state index is -0.435. The van der Waals surface area contributed by atoms with Gasteiger partial charge in [-0.1, -0.05) is 12.8 Å². The molecule has 1 atom stereocenters. The fourth-order valence-corrected chi connectivity index (χ4v) is 2.46. The molecule has 0 radical (unpaired) electrons. The van der Waals surface area contributed by atoms with E-state index in [4.69, 9.17) is 0 Å². The van der Waals surface area contributed by atoms with E-state index in [-0.39, 0.29) is 11.9 Å². The number of carbonyl (C=O) groups is 1. The number of carbonyl (C=O) groups excluding carboxylic acids is 1. The Hall–Kier alpha value is -0.570. The van der Waals surface area contributed by atoms with Gasteiger partial charge in [-0.3, -0.25) is 4.79 Å². The first-order valence-corrected chi connectivity index (χ1v) is 6.48. The Kier molecular flexibility index (Phi) is 5.26. The average Bonchev–Trinajstić information content (AvgIpc) is 2.65. The minimum absolute atomic E-state index is 0.184. The fourth-order valence-electron chi connectivity index (χ4n) is 2.46. The summed E-state index contributed by atoms with van der Waals surface area (Å²) in [5.74, 6) is 0.797. The summed E-state index contributed by atoms with van der Waals surface area (Å²) < 4.78 is 0. The predicted molar refractivity (Wildman–Crippen MR) is 65.1 cm³/mol. The summed E-state index contributed by atoms with van der Waals surface area (Å²) in [6.45, 7) is 6.21. The molecule has 0 heterocycles. The van der Waals surface area contributed by atoms with Crippen molar-refractivity contribution >= 4 is 5.91 Å². The van der Waals surface area contributed by atoms with Gasteiger partial charge in [-0.05, 0) is 39.5 Å². The maximum atomic E-state index is 12.1. The molecule has 0 aromatic carbocycles. The molecule has 1 fully saturated rings. The zero-order valence-electron chi connectivity index (χ0n) is 10.8. The molecular formula is C13H25NO2. The quantitative estimate of drug-likeness (QED) is 0.782. The molecule has 1 N–H and O–H groups in total. The molecule has 0 aromatic heterocycles. The molecule has 3 heteroatoms. The van der Waals surface area contributed by atoms with E-state index < -0.39 is 6.10 Å². The lowest BCUT2D eigenvalue weighted by Crippen LogP contribution is -2.41. The number of nitrogens with zero attached hydrogens (tertiary/aromatic N) is 1. The van der Waals surface area contributed by atoms with Crippen LogP contribution in [0.1, 0.15) is 52.9 Å². The number of hydrogen-bond acceptors (Lipinski definition) is 2. The number of rotatable bonds is 5. The summed E-state index contributed by atoms with van der Waals surface area (Å²) in [5.41, 5.74) is 0. The van der Waals surface area contributed by atoms with Gasteiger partial charge in [-0.15, -0.1) is 0 Å². The average molecular weight is 227 g/mol. The van der Waals surface area contributed by atoms with Crippen LogP contribution in [0.5, 0.6) is 0 Å². The van der Waals surface area contributed by atoms with Crippen LogP contribution in [-0.2, 0) is 4.79 Å². The van der Waals surface area contributed by atoms with Crippen molar-refractivity contribution in [1.29, 1.82) is 0 Å². The van der Waals surface area contributed by atoms with E-state index in [0.717, 1.165) is 0 Å². The molecule has 0 saturated heterocycles. The summed E-state index contributed by atoms with van der Waals surface area (Å²) in [7, 11) is 0. The van der Waals surface area contributed by atoms with Crippen molar-refractivity contribution in [2.24, 2.45) is 5.92 Å². The van der Waals surface area contributed by atoms with E-state index in [1.165, 1.54) is 25.7 Å². The number of aliphatic hydroxyl groups is 1. The molecule has 1 saturated carbocycles. The summed E-state index contributed by atoms with van der Waals surface area (Å²) in [6, 6.07) is 0.184. The smallest absolute Gasteiger partial charge is 0.223 e. The molecule has 0 spiro atoms. The van der Waals surface area contributed by atoms with Gasteiger partial charge in [-0.25, -0.2) is 0 Å². The monoisotopic (exact) mass is 227 g/mol. The second-order valence-corrected chi connectivity index (χ2v) is 5.34. The molecular weight excluding hydrogens is 202 g/mol. The highest BCUT2D eigenvalue weighted by atomic mass is 16.3. The van der Waals surface area contributed by atoms with Gasteiger partial charge in [0, 0.05) is 19.0 Å². The van der Waals surface area contributed by atoms with Crippen LogP contribution >= 0.6 is 0 Å². The molecule has 1 unspecified atom stereocenters. The molecule has 16 heavy (non-hydrogen) atoms. The van der Waals surface area contributed by atoms with Crippen molar-refractivity contribution in [2.45, 2.75) is 65.0 Å². The summed E-state index contributed by atoms with van der Waals surface area (Å²) >= 11 is 0. The van der Waals surface area contributed by atoms with Gasteiger partial charge >= 0.3 is 0 Å². The highest BCUT2D eigenvalue weighted by Gasteiger charge is 2.24. The van der Waals surface area contributed by atoms with Crippen molar-refractivity contribution in [2.75, 3.05) is 6.54 Å². The normalized spacial score (nSPS) is 19.1. The Bertz CT molecular complexity index is 220. The topological polar surface area (TPSA) is 40.5 Å². The SMILES string of the molecule is CC(O)CN(C(=O)CC1CCCC1)C(C)C. The Morgan fingerprint density at radius 3 is 2.31 bits per heavy atom. The molecule has 1 rings (SSSR count). The van der Waals surface area contributed by atoms with Crippen molar-refractivity contribution in [3.05, 3.63) is 0 Å². The predicted octanol–water partition coefficient (Wildman–Crippen LogP) is 2.18. The second-order valence-electron chi connectivity index (χ2n) is 5.34. The van der Waals surface area contributed by atoms with E-state index in [9.17, 15) is 9.90 Å². The van der Waals surface area contributed by atoms with Gasteiger partial charge in [0.2, 0.25) is 5.91 Å². The standard InChI is InChI=1S/C13H25NO2/c1-10(2)14(9-11(3)15)13(16)8-12-6-4-5-7-12/h10-12,15H,4-9H2,1-3H3. The molecule has 0 aliphatic heterocycles. The third kappa shape index (κ3) is 4.12. The first-order chi connectivity index (χ1) is 7.50. The Labute approximate surface area is 98.8 Å². The van der Waals surface area contributed by atoms with Gasteiger partial charge < -0.3 is 10.0 Å². The molecule has 94 valence electrons. The van der Waals surface area contributed by atoms with Gasteiger partial charge in [0.15, 0.2) is 0 Å². The van der Waals surface area contributed by atoms with E-state index >= 15 is 0 Å². The third-order valence-electron chi connectivity index (χ3n) is 3.34. The van der Waals surface area contributed by atoms with E-state index in [0.29, 0.717) is 18.9 Å². The lowest BCUT2D eigenvalue weighted by atomic mass is 10.0. The molecule has 0 bridgehead atoms. The van der Waals surface area contributed by atoms with E-state index in [1.54, 1.807) is 6.92 Å². The van der Waals surface area contributed by atoms with Crippen LogP contribution in [0.2, 0.25) is 0 Å². The maximum absolute atomic E-state index is 12.1. The fraction of sp³-hybridized carbons (Fsp3) is 0.923. The first-order valence-electron chi connectivity index (χ1n) is 6.48. The van der Waals surface area contributed by atoms with Crippen LogP contribution in [0.3, 0.4) is 0 Å². The molecule has 3 nitrogen and oxygen atoms in total. The summed E-state index contributed by atoms with van der Waals surface area (Å²) in [6.07, 6.45) is 5.19. The summed E-state index contributed by atoms with van der Waals surface area (Å²) in [4.78, 5) is 13.9. The number of hydrogen-bond donors (Lipinski definition) is 1. The van der Waals surface area contributed by atoms with Crippen LogP contribution < -0.4 is 0 Å². The molecule has 1 aliphatic carbocycles. The maximum Gasteiger partial charge on any atom is 0.223 e. The van der Waals surface area contributed by atoms with Gasteiger partial charge in [-0.2, -0.15) is 0 Å². The molecule has 1 aliphatic rings. The summed E-state index contributed by atoms with van der Waals surface area (Å²) in [5, 5.41) is 9.39. The second kappa shape index (κ2) is 6.24. The highest BCUT2D eigenvalue weighted by molar-refractivity contribution is 5.76. The largest absolute Gasteiger partial charge is 0.392 e. The van der Waals surface area contributed by atoms with Crippen molar-refractivity contribution < 1.29 is 9.90 Å². The highest BCUT2D eigenvalue weighted by Crippen LogP contribution is 2.28. The van der Waals surface area contributed by atoms with Gasteiger partial charge in [0.05, 0.1) is 6.10 Å². The number of amides is 1. The van der Waals surface area contributed by atoms with Gasteiger partial charge in [0.1, 0.15) is 0 Å². The lowest BCUT2D eigenvalue weighted by Gasteiger charge is -2.29. The Balaban J connectivity index is 2.46. The van der Waals surface area contributed by atoms with Crippen LogP contribution in [0.4, 0.5) is 0 Å². The molecule has 1 amide bonds. The van der Waals surface area contributed by atoms with Crippen molar-refractivity contribution in [3.8, 4) is 0 Å². The van der Waals surface area contributed by atoms with Crippen LogP contribution in [0, 0.1) is 5.92 Å². The van der Waals surface area contributed by atoms with Crippen molar-refractivity contribution in [3.63, 3.8) is 0 Å². The first kappa shape index (κ1) is 13.5. The number of aliphatic hydroxyl groups excluding tert-OH is 1. The van der Waals surface area contributed by atoms with Crippen LogP contribution in [0.15, 0.2) is 0 Å². The lowest BCUT2D eigenvalue weighted by molar-refractivity contribution is -0.135. The Morgan fingerprint density at radius 2 is 1.88 bits per heavy atom.